The normalized spacial score (nSPS) is 24.6. The average molecular weight is 1840 g/mol. The number of phenolic OH excluding ortho intramolecular Hbond substituents is 1. The number of H-pyrrole nitrogens is 2. The van der Waals surface area contributed by atoms with Crippen LogP contribution in [0.5, 0.6) is 5.75 Å². The Bertz CT molecular complexity index is 5040. The van der Waals surface area contributed by atoms with Gasteiger partial charge in [0.2, 0.25) is 106 Å². The lowest BCUT2D eigenvalue weighted by molar-refractivity contribution is -0.149. The smallest absolute Gasteiger partial charge is 0.246 e. The molecule has 21 N–H and O–H groups in total. The van der Waals surface area contributed by atoms with Crippen molar-refractivity contribution in [2.45, 2.75) is 235 Å². The third kappa shape index (κ3) is 29.6. The van der Waals surface area contributed by atoms with Crippen LogP contribution in [0.3, 0.4) is 0 Å². The molecule has 5 aromatic rings. The summed E-state index contributed by atoms with van der Waals surface area (Å²) in [4.78, 5) is 275. The summed E-state index contributed by atoms with van der Waals surface area (Å²) in [6, 6.07) is -2.14. The van der Waals surface area contributed by atoms with Crippen LogP contribution in [-0.4, -0.2) is 289 Å². The van der Waals surface area contributed by atoms with E-state index in [9.17, 15) is 72.5 Å². The number of nitrogens with one attached hydrogen (secondary N) is 13. The number of aromatic hydroxyl groups is 1. The fourth-order valence-electron chi connectivity index (χ4n) is 15.6. The molecule has 131 heavy (non-hydrogen) atoms. The van der Waals surface area contributed by atoms with Crippen molar-refractivity contribution in [1.29, 1.82) is 0 Å². The number of carbonyl (C=O) groups excluding carboxylic acids is 18. The van der Waals surface area contributed by atoms with Gasteiger partial charge in [0, 0.05) is 112 Å². The Morgan fingerprint density at radius 2 is 1.06 bits per heavy atom. The van der Waals surface area contributed by atoms with Gasteiger partial charge in [-0.1, -0.05) is 102 Å². The standard InChI is InChI=1S/C89H123N21O20S/c1-10-12-23-69-84(125)101-61(35-48(3)4)80(121)106-68(78(119)96-44-74(92)115)46-131-47-75(116)98-64(36-51-26-28-55(112)29-27-51)86(127)107(7)50(6)77(118)103-66(40-73(91)114)88(129)110-34-18-25-70(110)85(126)102-62(37-52-32-33-93-41-52)81(122)99-60(30-31-72(90)113)79(120)97-49(5)76(117)100-63(38-53-42-94-58-21-16-14-19-56(53)58)82(123)105-67(45-111)83(124)104-65(39-54-43-95-59-22-17-15-20-57(54)59)87(128)109(9)71(24-13-11-2)89(130)108(69)8/h14-17,19-22,26-29,33,41-43,48-50,60-71,94-95,111-112H,10-13,18,23-25,30-32,34-40,44-47H2,1-9H3,(H2,90,113)(H2,91,114)(H2,92,115)(H,96,119)(H,97,120)(H,98,116)(H,99,122)(H,100,117)(H,101,125)(H,102,126)(H,103,118)(H,104,124)(H,105,123)(H,106,121)/t49-,50+,60+,61+,62+,63+,64+,65+,66+,67+,68+,69+,70?,71+/m1/s1. The second kappa shape index (κ2) is 49.5. The molecule has 2 fully saturated rings. The summed E-state index contributed by atoms with van der Waals surface area (Å²) < 4.78 is 0. The summed E-state index contributed by atoms with van der Waals surface area (Å²) in [5.41, 5.74) is 19.9. The van der Waals surface area contributed by atoms with Gasteiger partial charge in [-0.15, -0.1) is 11.8 Å². The summed E-state index contributed by atoms with van der Waals surface area (Å²) >= 11 is 0.790. The van der Waals surface area contributed by atoms with Crippen LogP contribution in [0.2, 0.25) is 0 Å². The van der Waals surface area contributed by atoms with Gasteiger partial charge in [0.05, 0.1) is 25.3 Å². The van der Waals surface area contributed by atoms with Crippen molar-refractivity contribution in [1.82, 2.24) is 88.1 Å². The van der Waals surface area contributed by atoms with E-state index in [1.807, 2.05) is 13.8 Å². The average Bonchev–Trinajstić information content (AvgIpc) is 1.63. The van der Waals surface area contributed by atoms with Gasteiger partial charge in [-0.25, -0.2) is 0 Å². The first kappa shape index (κ1) is 103. The molecule has 0 radical (unpaired) electrons. The fourth-order valence-corrected chi connectivity index (χ4v) is 16.5. The first-order valence-corrected chi connectivity index (χ1v) is 45.0. The van der Waals surface area contributed by atoms with Crippen LogP contribution < -0.4 is 75.7 Å². The van der Waals surface area contributed by atoms with Crippen LogP contribution in [-0.2, 0) is 106 Å². The number of aromatic amines is 2. The van der Waals surface area contributed by atoms with Gasteiger partial charge in [0.25, 0.3) is 0 Å². The number of hydrogen-bond donors (Lipinski definition) is 18. The van der Waals surface area contributed by atoms with E-state index in [-0.39, 0.29) is 82.4 Å². The van der Waals surface area contributed by atoms with Crippen molar-refractivity contribution in [3.63, 3.8) is 0 Å². The Morgan fingerprint density at radius 1 is 0.534 bits per heavy atom. The number of para-hydroxylation sites is 2. The Labute approximate surface area is 762 Å². The number of likely N-dealkylation sites (N-methyl/N-ethyl adjacent to an activating group) is 3. The molecule has 2 saturated heterocycles. The van der Waals surface area contributed by atoms with Crippen molar-refractivity contribution in [3.8, 4) is 5.75 Å². The van der Waals surface area contributed by atoms with E-state index in [4.69, 9.17) is 17.2 Å². The van der Waals surface area contributed by atoms with E-state index in [0.717, 1.165) is 26.5 Å². The number of phenols is 1. The van der Waals surface area contributed by atoms with Gasteiger partial charge in [-0.3, -0.25) is 91.3 Å². The molecule has 1 unspecified atom stereocenters. The van der Waals surface area contributed by atoms with Gasteiger partial charge in [0.15, 0.2) is 0 Å². The molecule has 0 bridgehead atoms. The van der Waals surface area contributed by atoms with E-state index in [0.29, 0.717) is 69.8 Å². The van der Waals surface area contributed by atoms with E-state index in [2.05, 4.69) is 73.4 Å². The van der Waals surface area contributed by atoms with Crippen molar-refractivity contribution in [2.75, 3.05) is 52.3 Å². The third-order valence-electron chi connectivity index (χ3n) is 23.1. The van der Waals surface area contributed by atoms with Crippen LogP contribution in [0.1, 0.15) is 148 Å². The maximum atomic E-state index is 15.7. The number of fused-ring (bicyclic) bond motifs is 3. The number of aromatic nitrogens is 2. The molecule has 5 heterocycles. The lowest BCUT2D eigenvalue weighted by Gasteiger charge is -2.36. The third-order valence-corrected chi connectivity index (χ3v) is 24.2. The molecule has 3 aromatic carbocycles. The Kier molecular flexibility index (Phi) is 38.9. The molecule has 710 valence electrons. The Hall–Kier alpha value is -13.3. The number of carbonyl (C=O) groups is 18. The summed E-state index contributed by atoms with van der Waals surface area (Å²) in [6.07, 6.45) is 5.37. The number of rotatable bonds is 25. The fraction of sp³-hybridized carbons (Fsp3) is 0.517. The molecule has 42 heteroatoms. The first-order chi connectivity index (χ1) is 62.3. The number of aliphatic imine (C=N–C) groups is 1. The van der Waals surface area contributed by atoms with Crippen molar-refractivity contribution in [3.05, 3.63) is 114 Å². The Balaban J connectivity index is 1.18. The summed E-state index contributed by atoms with van der Waals surface area (Å²) in [5.74, 6) is -18.4. The number of benzene rings is 3. The van der Waals surface area contributed by atoms with Crippen molar-refractivity contribution >= 4 is 146 Å². The predicted octanol–water partition coefficient (Wildman–Crippen LogP) is -1.60. The summed E-state index contributed by atoms with van der Waals surface area (Å²) in [7, 11) is 3.94. The second-order valence-electron chi connectivity index (χ2n) is 33.6. The maximum Gasteiger partial charge on any atom is 0.246 e. The molecular formula is C89H123N21O20S. The number of aliphatic hydroxyl groups excluding tert-OH is 1. The number of unbranched alkanes of at least 4 members (excludes halogenated alkanes) is 2. The minimum atomic E-state index is -1.88. The molecule has 8 rings (SSSR count). The summed E-state index contributed by atoms with van der Waals surface area (Å²) in [6.45, 7) is 7.81. The quantitative estimate of drug-likeness (QED) is 0.0313. The highest BCUT2D eigenvalue weighted by Gasteiger charge is 2.44. The monoisotopic (exact) mass is 1840 g/mol. The lowest BCUT2D eigenvalue weighted by Crippen LogP contribution is -2.61. The van der Waals surface area contributed by atoms with Crippen LogP contribution in [0.4, 0.5) is 0 Å². The number of nitrogens with two attached hydrogens (primary N) is 3. The van der Waals surface area contributed by atoms with Crippen LogP contribution in [0, 0.1) is 5.92 Å². The number of primary amides is 3. The van der Waals surface area contributed by atoms with E-state index in [1.54, 1.807) is 74.8 Å². The molecule has 3 aliphatic rings. The largest absolute Gasteiger partial charge is 0.508 e. The number of thioether (sulfide) groups is 1. The highest BCUT2D eigenvalue weighted by molar-refractivity contribution is 8.00. The molecule has 0 saturated carbocycles. The molecule has 18 amide bonds. The van der Waals surface area contributed by atoms with Crippen LogP contribution >= 0.6 is 11.8 Å². The first-order valence-electron chi connectivity index (χ1n) is 43.8. The molecule has 0 spiro atoms. The minimum absolute atomic E-state index is 0.0146. The topological polar surface area (TPSA) is 615 Å². The SMILES string of the molecule is CCCC[C@H]1C(=O)N(C)[C@@H](CCCC)C(=O)N[C@@H](CC(C)C)C(=O)N[C@H](C(=O)NCC(N)=O)CSCC(=O)N[C@@H](Cc2ccc(O)cc2)C(=O)N(C)[C@@H](C)C(=O)N[C@@H](CC(N)=O)C(=O)N2CCCC2C(=O)N[C@@H](CC2=CN=CC2)C(=O)N[C@@H](CCC(N)=O)C(=O)N[C@H](C)C(=O)N[C@@H](Cc2c[nH]c3ccccc23)C(=O)N[C@@H](CO)C(=O)N[C@@H](Cc2c[nH]c3ccccc23)C(=O)N1C. The zero-order chi connectivity index (χ0) is 96.0. The van der Waals surface area contributed by atoms with Gasteiger partial charge >= 0.3 is 0 Å². The molecule has 0 aliphatic carbocycles. The zero-order valence-corrected chi connectivity index (χ0v) is 75.9. The zero-order valence-electron chi connectivity index (χ0n) is 75.1. The van der Waals surface area contributed by atoms with Crippen LogP contribution in [0.15, 0.2) is 102 Å². The predicted molar refractivity (Wildman–Crippen MR) is 484 cm³/mol. The highest BCUT2D eigenvalue weighted by atomic mass is 32.2. The number of amides is 18. The lowest BCUT2D eigenvalue weighted by atomic mass is 9.99. The highest BCUT2D eigenvalue weighted by Crippen LogP contribution is 2.27. The van der Waals surface area contributed by atoms with Gasteiger partial charge in [0.1, 0.15) is 90.3 Å². The molecule has 41 nitrogen and oxygen atoms in total. The molecular weight excluding hydrogens is 1720 g/mol. The van der Waals surface area contributed by atoms with Crippen molar-refractivity contribution in [2.24, 2.45) is 28.1 Å². The molecule has 3 aliphatic heterocycles. The van der Waals surface area contributed by atoms with Gasteiger partial charge < -0.3 is 115 Å². The number of hydrogen-bond acceptors (Lipinski definition) is 22. The maximum absolute atomic E-state index is 15.7. The number of aliphatic hydroxyl groups is 1. The second-order valence-corrected chi connectivity index (χ2v) is 34.6. The van der Waals surface area contributed by atoms with Crippen LogP contribution in [0.25, 0.3) is 21.8 Å². The van der Waals surface area contributed by atoms with Crippen molar-refractivity contribution < 1.29 is 96.5 Å². The van der Waals surface area contributed by atoms with E-state index >= 15 is 24.0 Å². The minimum Gasteiger partial charge on any atom is -0.508 e. The summed E-state index contributed by atoms with van der Waals surface area (Å²) in [5, 5.41) is 51.2. The van der Waals surface area contributed by atoms with Gasteiger partial charge in [-0.2, -0.15) is 0 Å². The van der Waals surface area contributed by atoms with Gasteiger partial charge in [-0.05, 0) is 111 Å². The Morgan fingerprint density at radius 3 is 1.65 bits per heavy atom. The molecule has 14 atom stereocenters. The number of nitrogens with zero attached hydrogens (tertiary/aromatic N) is 5. The van der Waals surface area contributed by atoms with E-state index in [1.165, 1.54) is 76.6 Å². The van der Waals surface area contributed by atoms with E-state index < -0.39 is 235 Å². The molecule has 2 aromatic heterocycles.